The van der Waals surface area contributed by atoms with Crippen molar-refractivity contribution in [3.8, 4) is 0 Å². The first-order valence-corrected chi connectivity index (χ1v) is 8.90. The van der Waals surface area contributed by atoms with Crippen LogP contribution in [0.5, 0.6) is 0 Å². The highest BCUT2D eigenvalue weighted by Gasteiger charge is 2.20. The highest BCUT2D eigenvalue weighted by atomic mass is 32.1. The molecular formula is C16H27N3OS. The highest BCUT2D eigenvalue weighted by Crippen LogP contribution is 2.17. The molecule has 21 heavy (non-hydrogen) atoms. The zero-order valence-electron chi connectivity index (χ0n) is 13.4. The molecule has 0 radical (unpaired) electrons. The molecule has 0 aliphatic carbocycles. The Labute approximate surface area is 132 Å². The average molecular weight is 309 g/mol. The third-order valence-corrected chi connectivity index (χ3v) is 5.32. The van der Waals surface area contributed by atoms with Crippen molar-refractivity contribution in [1.82, 2.24) is 15.2 Å². The molecule has 1 amide bonds. The Morgan fingerprint density at radius 1 is 1.52 bits per heavy atom. The number of hydrogen-bond donors (Lipinski definition) is 1. The molecule has 0 aromatic carbocycles. The molecule has 1 aromatic rings. The summed E-state index contributed by atoms with van der Waals surface area (Å²) in [7, 11) is 0. The lowest BCUT2D eigenvalue weighted by Crippen LogP contribution is -2.45. The molecule has 0 bridgehead atoms. The molecule has 1 aromatic heterocycles. The van der Waals surface area contributed by atoms with E-state index in [0.29, 0.717) is 12.5 Å². The lowest BCUT2D eigenvalue weighted by Gasteiger charge is -2.35. The van der Waals surface area contributed by atoms with Gasteiger partial charge in [-0.2, -0.15) is 0 Å². The van der Waals surface area contributed by atoms with Crippen LogP contribution in [-0.4, -0.2) is 41.5 Å². The van der Waals surface area contributed by atoms with Gasteiger partial charge in [0.25, 0.3) is 0 Å². The molecule has 1 N–H and O–H groups in total. The molecule has 1 aliphatic heterocycles. The van der Waals surface area contributed by atoms with Crippen molar-refractivity contribution in [3.63, 3.8) is 0 Å². The third-order valence-electron chi connectivity index (χ3n) is 4.28. The molecule has 1 atom stereocenters. The van der Waals surface area contributed by atoms with E-state index in [2.05, 4.69) is 36.0 Å². The number of nitrogens with zero attached hydrogens (tertiary/aromatic N) is 2. The Morgan fingerprint density at radius 3 is 2.86 bits per heavy atom. The predicted octanol–water partition coefficient (Wildman–Crippen LogP) is 2.48. The van der Waals surface area contributed by atoms with Crippen LogP contribution in [0.4, 0.5) is 0 Å². The standard InChI is InChI=1S/C16H27N3OS/c1-4-16-18-14(11-21-16)9-15(20)17-10-13(3)19-7-5-12(2)6-8-19/h11-13H,4-10H2,1-3H3,(H,17,20)/t13-/m0/s1. The number of rotatable bonds is 6. The van der Waals surface area contributed by atoms with Crippen LogP contribution in [0.15, 0.2) is 5.38 Å². The van der Waals surface area contributed by atoms with Crippen molar-refractivity contribution >= 4 is 17.2 Å². The summed E-state index contributed by atoms with van der Waals surface area (Å²) in [5, 5.41) is 6.15. The Balaban J connectivity index is 1.70. The summed E-state index contributed by atoms with van der Waals surface area (Å²) in [6.07, 6.45) is 3.89. The SMILES string of the molecule is CCc1nc(CC(=O)NC[C@H](C)N2CCC(C)CC2)cs1. The maximum absolute atomic E-state index is 12.0. The molecule has 5 heteroatoms. The number of thiazole rings is 1. The first-order chi connectivity index (χ1) is 10.1. The van der Waals surface area contributed by atoms with E-state index >= 15 is 0 Å². The van der Waals surface area contributed by atoms with E-state index in [9.17, 15) is 4.79 Å². The minimum atomic E-state index is 0.0835. The van der Waals surface area contributed by atoms with Gasteiger partial charge in [-0.1, -0.05) is 13.8 Å². The zero-order valence-corrected chi connectivity index (χ0v) is 14.2. The second-order valence-corrected chi connectivity index (χ2v) is 7.08. The summed E-state index contributed by atoms with van der Waals surface area (Å²) < 4.78 is 0. The first-order valence-electron chi connectivity index (χ1n) is 8.02. The predicted molar refractivity (Wildman–Crippen MR) is 87.6 cm³/mol. The van der Waals surface area contributed by atoms with Crippen LogP contribution in [0.2, 0.25) is 0 Å². The van der Waals surface area contributed by atoms with E-state index in [0.717, 1.165) is 42.7 Å². The topological polar surface area (TPSA) is 45.2 Å². The van der Waals surface area contributed by atoms with Crippen molar-refractivity contribution in [2.24, 2.45) is 5.92 Å². The van der Waals surface area contributed by atoms with Gasteiger partial charge < -0.3 is 5.32 Å². The molecule has 0 unspecified atom stereocenters. The Hall–Kier alpha value is -0.940. The van der Waals surface area contributed by atoms with Crippen molar-refractivity contribution in [2.75, 3.05) is 19.6 Å². The smallest absolute Gasteiger partial charge is 0.226 e. The molecule has 0 spiro atoms. The molecule has 2 heterocycles. The fourth-order valence-electron chi connectivity index (χ4n) is 2.68. The van der Waals surface area contributed by atoms with Crippen LogP contribution in [0.25, 0.3) is 0 Å². The Bertz CT molecular complexity index is 452. The molecular weight excluding hydrogens is 282 g/mol. The molecule has 1 aliphatic rings. The second kappa shape index (κ2) is 7.90. The molecule has 2 rings (SSSR count). The summed E-state index contributed by atoms with van der Waals surface area (Å²) in [6, 6.07) is 0.420. The molecule has 0 saturated carbocycles. The lowest BCUT2D eigenvalue weighted by molar-refractivity contribution is -0.120. The quantitative estimate of drug-likeness (QED) is 0.878. The Kier molecular flexibility index (Phi) is 6.18. The van der Waals surface area contributed by atoms with Gasteiger partial charge in [-0.3, -0.25) is 9.69 Å². The summed E-state index contributed by atoms with van der Waals surface area (Å²) in [5.74, 6) is 0.931. The average Bonchev–Trinajstić information content (AvgIpc) is 2.93. The van der Waals surface area contributed by atoms with Crippen LogP contribution >= 0.6 is 11.3 Å². The van der Waals surface area contributed by atoms with Gasteiger partial charge in [0.05, 0.1) is 17.1 Å². The van der Waals surface area contributed by atoms with E-state index in [1.54, 1.807) is 11.3 Å². The van der Waals surface area contributed by atoms with Gasteiger partial charge in [0.2, 0.25) is 5.91 Å². The summed E-state index contributed by atoms with van der Waals surface area (Å²) in [5.41, 5.74) is 0.897. The van der Waals surface area contributed by atoms with Crippen molar-refractivity contribution < 1.29 is 4.79 Å². The zero-order chi connectivity index (χ0) is 15.2. The fourth-order valence-corrected chi connectivity index (χ4v) is 3.42. The minimum Gasteiger partial charge on any atom is -0.354 e. The number of likely N-dealkylation sites (tertiary alicyclic amines) is 1. The van der Waals surface area contributed by atoms with E-state index in [1.807, 2.05) is 5.38 Å². The van der Waals surface area contributed by atoms with Crippen molar-refractivity contribution in [1.29, 1.82) is 0 Å². The van der Waals surface area contributed by atoms with Crippen LogP contribution in [-0.2, 0) is 17.6 Å². The molecule has 118 valence electrons. The number of nitrogens with one attached hydrogen (secondary N) is 1. The number of carbonyl (C=O) groups is 1. The first kappa shape index (κ1) is 16.4. The van der Waals surface area contributed by atoms with Gasteiger partial charge in [-0.25, -0.2) is 4.98 Å². The van der Waals surface area contributed by atoms with Gasteiger partial charge in [-0.15, -0.1) is 11.3 Å². The van der Waals surface area contributed by atoms with Crippen LogP contribution in [0, 0.1) is 5.92 Å². The van der Waals surface area contributed by atoms with Crippen LogP contribution in [0.3, 0.4) is 0 Å². The van der Waals surface area contributed by atoms with Crippen LogP contribution in [0.1, 0.15) is 44.3 Å². The van der Waals surface area contributed by atoms with Gasteiger partial charge in [0.15, 0.2) is 0 Å². The number of hydrogen-bond acceptors (Lipinski definition) is 4. The monoisotopic (exact) mass is 309 g/mol. The highest BCUT2D eigenvalue weighted by molar-refractivity contribution is 7.09. The van der Waals surface area contributed by atoms with Gasteiger partial charge >= 0.3 is 0 Å². The molecule has 1 fully saturated rings. The fraction of sp³-hybridized carbons (Fsp3) is 0.750. The molecule has 4 nitrogen and oxygen atoms in total. The number of aryl methyl sites for hydroxylation is 1. The minimum absolute atomic E-state index is 0.0835. The summed E-state index contributed by atoms with van der Waals surface area (Å²) in [6.45, 7) is 9.66. The van der Waals surface area contributed by atoms with Crippen molar-refractivity contribution in [3.05, 3.63) is 16.1 Å². The van der Waals surface area contributed by atoms with E-state index in [4.69, 9.17) is 0 Å². The molecule has 1 saturated heterocycles. The summed E-state index contributed by atoms with van der Waals surface area (Å²) in [4.78, 5) is 18.9. The normalized spacial score (nSPS) is 18.6. The number of carbonyl (C=O) groups excluding carboxylic acids is 1. The van der Waals surface area contributed by atoms with E-state index < -0.39 is 0 Å². The second-order valence-electron chi connectivity index (χ2n) is 6.13. The Morgan fingerprint density at radius 2 is 2.24 bits per heavy atom. The maximum atomic E-state index is 12.0. The van der Waals surface area contributed by atoms with Gasteiger partial charge in [0, 0.05) is 18.0 Å². The van der Waals surface area contributed by atoms with E-state index in [1.165, 1.54) is 12.8 Å². The van der Waals surface area contributed by atoms with Gasteiger partial charge in [-0.05, 0) is 45.2 Å². The van der Waals surface area contributed by atoms with Gasteiger partial charge in [0.1, 0.15) is 0 Å². The van der Waals surface area contributed by atoms with Crippen LogP contribution < -0.4 is 5.32 Å². The largest absolute Gasteiger partial charge is 0.354 e. The third kappa shape index (κ3) is 5.08. The van der Waals surface area contributed by atoms with E-state index in [-0.39, 0.29) is 5.91 Å². The summed E-state index contributed by atoms with van der Waals surface area (Å²) >= 11 is 1.64. The lowest BCUT2D eigenvalue weighted by atomic mass is 9.98. The van der Waals surface area contributed by atoms with Crippen molar-refractivity contribution in [2.45, 2.75) is 52.5 Å². The number of amides is 1. The number of piperidine rings is 1. The maximum Gasteiger partial charge on any atom is 0.226 e. The number of aromatic nitrogens is 1.